The van der Waals surface area contributed by atoms with Gasteiger partial charge in [-0.05, 0) is 43.4 Å². The first kappa shape index (κ1) is 15.4. The molecule has 1 aliphatic heterocycles. The normalized spacial score (nSPS) is 19.9. The van der Waals surface area contributed by atoms with Gasteiger partial charge in [-0.1, -0.05) is 11.6 Å². The lowest BCUT2D eigenvalue weighted by atomic mass is 9.99. The Hall–Kier alpha value is -0.970. The van der Waals surface area contributed by atoms with Crippen molar-refractivity contribution in [3.05, 3.63) is 22.7 Å². The summed E-state index contributed by atoms with van der Waals surface area (Å²) in [6.45, 7) is 0.877. The topological polar surface area (TPSA) is 53.7 Å². The summed E-state index contributed by atoms with van der Waals surface area (Å²) in [5, 5.41) is 0.523. The van der Waals surface area contributed by atoms with E-state index in [1.54, 1.807) is 14.2 Å². The molecule has 4 nitrogen and oxygen atoms in total. The number of halogens is 1. The maximum Gasteiger partial charge on any atom is 0.179 e. The zero-order valence-electron chi connectivity index (χ0n) is 12.0. The minimum absolute atomic E-state index is 0.0727. The summed E-state index contributed by atoms with van der Waals surface area (Å²) in [6.07, 6.45) is 4.50. The van der Waals surface area contributed by atoms with Crippen LogP contribution in [0.1, 0.15) is 37.3 Å². The zero-order chi connectivity index (χ0) is 14.5. The van der Waals surface area contributed by atoms with Crippen molar-refractivity contribution >= 4 is 11.6 Å². The van der Waals surface area contributed by atoms with Gasteiger partial charge in [0, 0.05) is 12.6 Å². The Kier molecular flexibility index (Phi) is 5.52. The Morgan fingerprint density at radius 1 is 1.40 bits per heavy atom. The van der Waals surface area contributed by atoms with E-state index in [4.69, 9.17) is 31.5 Å². The Bertz CT molecular complexity index is 447. The second-order valence-electron chi connectivity index (χ2n) is 5.06. The number of hydrogen-bond donors (Lipinski definition) is 1. The second kappa shape index (κ2) is 7.16. The van der Waals surface area contributed by atoms with Crippen LogP contribution in [0.2, 0.25) is 5.02 Å². The van der Waals surface area contributed by atoms with Gasteiger partial charge in [0.05, 0.1) is 25.3 Å². The minimum Gasteiger partial charge on any atom is -0.493 e. The van der Waals surface area contributed by atoms with Crippen LogP contribution in [0, 0.1) is 0 Å². The van der Waals surface area contributed by atoms with Crippen LogP contribution < -0.4 is 15.2 Å². The molecule has 0 aromatic heterocycles. The third kappa shape index (κ3) is 3.57. The summed E-state index contributed by atoms with van der Waals surface area (Å²) in [6, 6.07) is 3.67. The first-order valence-electron chi connectivity index (χ1n) is 6.94. The SMILES string of the molecule is COc1cc(C(N)CCC2CCCO2)cc(Cl)c1OC. The molecule has 112 valence electrons. The lowest BCUT2D eigenvalue weighted by Gasteiger charge is -2.17. The van der Waals surface area contributed by atoms with Crippen molar-refractivity contribution in [1.29, 1.82) is 0 Å². The Balaban J connectivity index is 2.04. The smallest absolute Gasteiger partial charge is 0.179 e. The highest BCUT2D eigenvalue weighted by Gasteiger charge is 2.19. The molecule has 5 heteroatoms. The monoisotopic (exact) mass is 299 g/mol. The van der Waals surface area contributed by atoms with E-state index in [0.717, 1.165) is 37.9 Å². The summed E-state index contributed by atoms with van der Waals surface area (Å²) >= 11 is 6.20. The minimum atomic E-state index is -0.0727. The van der Waals surface area contributed by atoms with E-state index < -0.39 is 0 Å². The summed E-state index contributed by atoms with van der Waals surface area (Å²) in [4.78, 5) is 0. The molecule has 1 saturated heterocycles. The molecule has 0 spiro atoms. The quantitative estimate of drug-likeness (QED) is 0.875. The molecule has 20 heavy (non-hydrogen) atoms. The Labute approximate surface area is 125 Å². The molecule has 0 radical (unpaired) electrons. The molecular formula is C15H22ClNO3. The number of methoxy groups -OCH3 is 2. The van der Waals surface area contributed by atoms with E-state index in [1.165, 1.54) is 0 Å². The van der Waals surface area contributed by atoms with E-state index in [1.807, 2.05) is 12.1 Å². The molecule has 2 unspecified atom stereocenters. The third-order valence-corrected chi connectivity index (χ3v) is 3.99. The molecule has 2 N–H and O–H groups in total. The highest BCUT2D eigenvalue weighted by molar-refractivity contribution is 6.32. The second-order valence-corrected chi connectivity index (χ2v) is 5.46. The predicted molar refractivity (Wildman–Crippen MR) is 79.7 cm³/mol. The lowest BCUT2D eigenvalue weighted by Crippen LogP contribution is -2.14. The maximum atomic E-state index is 6.25. The van der Waals surface area contributed by atoms with Gasteiger partial charge in [0.1, 0.15) is 0 Å². The fourth-order valence-corrected chi connectivity index (χ4v) is 2.85. The van der Waals surface area contributed by atoms with E-state index in [0.29, 0.717) is 22.6 Å². The molecule has 1 aliphatic rings. The van der Waals surface area contributed by atoms with Gasteiger partial charge in [-0.25, -0.2) is 0 Å². The van der Waals surface area contributed by atoms with Gasteiger partial charge < -0.3 is 19.9 Å². The van der Waals surface area contributed by atoms with Crippen LogP contribution >= 0.6 is 11.6 Å². The summed E-state index contributed by atoms with van der Waals surface area (Å²) < 4.78 is 16.1. The molecule has 1 aromatic carbocycles. The molecular weight excluding hydrogens is 278 g/mol. The largest absolute Gasteiger partial charge is 0.493 e. The Morgan fingerprint density at radius 3 is 2.80 bits per heavy atom. The predicted octanol–water partition coefficient (Wildman–Crippen LogP) is 3.32. The molecule has 1 heterocycles. The number of rotatable bonds is 6. The molecule has 1 aromatic rings. The Morgan fingerprint density at radius 2 is 2.20 bits per heavy atom. The first-order valence-corrected chi connectivity index (χ1v) is 7.32. The van der Waals surface area contributed by atoms with Crippen LogP contribution in [0.4, 0.5) is 0 Å². The van der Waals surface area contributed by atoms with E-state index >= 15 is 0 Å². The van der Waals surface area contributed by atoms with E-state index in [9.17, 15) is 0 Å². The van der Waals surface area contributed by atoms with Gasteiger partial charge in [0.2, 0.25) is 0 Å². The van der Waals surface area contributed by atoms with Crippen molar-refractivity contribution < 1.29 is 14.2 Å². The van der Waals surface area contributed by atoms with Crippen LogP contribution in [0.5, 0.6) is 11.5 Å². The van der Waals surface area contributed by atoms with E-state index in [-0.39, 0.29) is 6.04 Å². The lowest BCUT2D eigenvalue weighted by molar-refractivity contribution is 0.101. The molecule has 2 atom stereocenters. The number of nitrogens with two attached hydrogens (primary N) is 1. The van der Waals surface area contributed by atoms with Gasteiger partial charge in [-0.3, -0.25) is 0 Å². The van der Waals surface area contributed by atoms with Gasteiger partial charge >= 0.3 is 0 Å². The molecule has 2 rings (SSSR count). The van der Waals surface area contributed by atoms with Crippen LogP contribution in [-0.4, -0.2) is 26.9 Å². The summed E-state index contributed by atoms with van der Waals surface area (Å²) in [7, 11) is 3.16. The van der Waals surface area contributed by atoms with Crippen molar-refractivity contribution in [1.82, 2.24) is 0 Å². The molecule has 1 fully saturated rings. The van der Waals surface area contributed by atoms with Crippen LogP contribution in [0.25, 0.3) is 0 Å². The van der Waals surface area contributed by atoms with Gasteiger partial charge in [-0.2, -0.15) is 0 Å². The van der Waals surface area contributed by atoms with Crippen molar-refractivity contribution in [2.24, 2.45) is 5.73 Å². The van der Waals surface area contributed by atoms with Crippen LogP contribution in [-0.2, 0) is 4.74 Å². The van der Waals surface area contributed by atoms with Crippen molar-refractivity contribution in [2.45, 2.75) is 37.8 Å². The first-order chi connectivity index (χ1) is 9.65. The summed E-state index contributed by atoms with van der Waals surface area (Å²) in [5.74, 6) is 1.16. The molecule has 0 bridgehead atoms. The fourth-order valence-electron chi connectivity index (χ4n) is 2.56. The number of ether oxygens (including phenoxy) is 3. The van der Waals surface area contributed by atoms with Gasteiger partial charge in [0.15, 0.2) is 11.5 Å². The van der Waals surface area contributed by atoms with Gasteiger partial charge in [-0.15, -0.1) is 0 Å². The standard InChI is InChI=1S/C15H22ClNO3/c1-18-14-9-10(8-12(16)15(14)19-2)13(17)6-5-11-4-3-7-20-11/h8-9,11,13H,3-7,17H2,1-2H3. The van der Waals surface area contributed by atoms with Crippen molar-refractivity contribution in [2.75, 3.05) is 20.8 Å². The number of benzene rings is 1. The molecule has 0 aliphatic carbocycles. The maximum absolute atomic E-state index is 6.25. The van der Waals surface area contributed by atoms with E-state index in [2.05, 4.69) is 0 Å². The average molecular weight is 300 g/mol. The molecule has 0 saturated carbocycles. The van der Waals surface area contributed by atoms with Crippen molar-refractivity contribution in [3.8, 4) is 11.5 Å². The third-order valence-electron chi connectivity index (χ3n) is 3.71. The fraction of sp³-hybridized carbons (Fsp3) is 0.600. The highest BCUT2D eigenvalue weighted by Crippen LogP contribution is 2.38. The summed E-state index contributed by atoms with van der Waals surface area (Å²) in [5.41, 5.74) is 7.21. The molecule has 0 amide bonds. The van der Waals surface area contributed by atoms with Gasteiger partial charge in [0.25, 0.3) is 0 Å². The number of hydrogen-bond acceptors (Lipinski definition) is 4. The van der Waals surface area contributed by atoms with Crippen LogP contribution in [0.15, 0.2) is 12.1 Å². The average Bonchev–Trinajstić information content (AvgIpc) is 2.97. The van der Waals surface area contributed by atoms with Crippen LogP contribution in [0.3, 0.4) is 0 Å². The van der Waals surface area contributed by atoms with Crippen molar-refractivity contribution in [3.63, 3.8) is 0 Å². The highest BCUT2D eigenvalue weighted by atomic mass is 35.5. The zero-order valence-corrected chi connectivity index (χ0v) is 12.8.